The zero-order valence-electron chi connectivity index (χ0n) is 20.8. The summed E-state index contributed by atoms with van der Waals surface area (Å²) in [7, 11) is 0. The van der Waals surface area contributed by atoms with Crippen LogP contribution in [0.3, 0.4) is 0 Å². The average molecular weight is 533 g/mol. The molecule has 0 unspecified atom stereocenters. The molecule has 10 nitrogen and oxygen atoms in total. The Morgan fingerprint density at radius 1 is 0.975 bits per heavy atom. The Morgan fingerprint density at radius 2 is 1.73 bits per heavy atom. The Morgan fingerprint density at radius 3 is 2.52 bits per heavy atom. The van der Waals surface area contributed by atoms with Gasteiger partial charge in [0.05, 0.1) is 33.7 Å². The molecule has 0 fully saturated rings. The minimum atomic E-state index is -1.15. The van der Waals surface area contributed by atoms with Gasteiger partial charge in [-0.3, -0.25) is 14.3 Å². The molecule has 40 heavy (non-hydrogen) atoms. The molecule has 8 rings (SSSR count). The standard InChI is InChI=1S/C30H20N4O6/c35-27-17(11-21-25-15(9-23(29(37)38)33(21)27)13-5-1-3-7-19(13)31-25)18-12-22-26-16(14-6-2-4-8-20(14)32-26)10-24(30(39)40)34(22)28(18)36/h1-8,11-12,23-24,31,35H,9-10H2,(H,37,38)(H,39,40)/t23-,24-/m0/s1. The third-order valence-corrected chi connectivity index (χ3v) is 8.34. The monoisotopic (exact) mass is 532 g/mol. The van der Waals surface area contributed by atoms with Gasteiger partial charge in [-0.2, -0.15) is 0 Å². The lowest BCUT2D eigenvalue weighted by atomic mass is 9.95. The number of aliphatic carboxylic acids is 2. The Hall–Kier alpha value is -5.38. The fraction of sp³-hybridized carbons (Fsp3) is 0.133. The summed E-state index contributed by atoms with van der Waals surface area (Å²) in [4.78, 5) is 47.8. The van der Waals surface area contributed by atoms with Crippen molar-refractivity contribution < 1.29 is 29.7 Å². The first kappa shape index (κ1) is 22.6. The summed E-state index contributed by atoms with van der Waals surface area (Å²) in [5.74, 6) is -3.21. The van der Waals surface area contributed by atoms with Gasteiger partial charge in [-0.15, -0.1) is 0 Å². The van der Waals surface area contributed by atoms with Crippen LogP contribution in [0.25, 0.3) is 33.4 Å². The van der Waals surface area contributed by atoms with Crippen LogP contribution >= 0.6 is 0 Å². The number of allylic oxidation sites excluding steroid dienone is 2. The van der Waals surface area contributed by atoms with Crippen molar-refractivity contribution >= 4 is 39.9 Å². The SMILES string of the molecule is O=C(O)[C@@H]1CC2=c3ccccc3=NC2=C2C=C(c3cc4n(c3O)[C@H](C(=O)O)Cc3c-4[nH]c4ccccc34)C(=O)N21. The highest BCUT2D eigenvalue weighted by molar-refractivity contribution is 6.25. The Labute approximate surface area is 225 Å². The molecule has 6 heterocycles. The molecule has 4 aromatic rings. The number of fused-ring (bicyclic) bond motifs is 8. The van der Waals surface area contributed by atoms with E-state index in [9.17, 15) is 29.7 Å². The first-order valence-corrected chi connectivity index (χ1v) is 12.8. The van der Waals surface area contributed by atoms with E-state index in [-0.39, 0.29) is 29.9 Å². The van der Waals surface area contributed by atoms with Crippen molar-refractivity contribution in [1.29, 1.82) is 0 Å². The molecule has 4 aliphatic rings. The number of carboxylic acids is 2. The largest absolute Gasteiger partial charge is 0.494 e. The second-order valence-electron chi connectivity index (χ2n) is 10.4. The van der Waals surface area contributed by atoms with E-state index < -0.39 is 29.9 Å². The van der Waals surface area contributed by atoms with E-state index in [1.165, 1.54) is 9.47 Å². The van der Waals surface area contributed by atoms with Crippen molar-refractivity contribution in [1.82, 2.24) is 14.5 Å². The van der Waals surface area contributed by atoms with E-state index in [1.54, 1.807) is 12.1 Å². The number of amides is 1. The smallest absolute Gasteiger partial charge is 0.327 e. The molecule has 10 heteroatoms. The normalized spacial score (nSPS) is 20.5. The molecule has 1 amide bonds. The van der Waals surface area contributed by atoms with Gasteiger partial charge in [0.2, 0.25) is 5.88 Å². The Balaban J connectivity index is 1.36. The third kappa shape index (κ3) is 2.76. The molecule has 196 valence electrons. The highest BCUT2D eigenvalue weighted by atomic mass is 16.4. The summed E-state index contributed by atoms with van der Waals surface area (Å²) in [6, 6.07) is 14.4. The molecule has 0 spiro atoms. The van der Waals surface area contributed by atoms with Gasteiger partial charge in [0, 0.05) is 34.5 Å². The van der Waals surface area contributed by atoms with Crippen LogP contribution in [0, 0.1) is 0 Å². The van der Waals surface area contributed by atoms with Crippen molar-refractivity contribution in [3.05, 3.63) is 93.8 Å². The van der Waals surface area contributed by atoms with Gasteiger partial charge in [0.25, 0.3) is 5.91 Å². The van der Waals surface area contributed by atoms with Crippen molar-refractivity contribution in [3.8, 4) is 17.3 Å². The van der Waals surface area contributed by atoms with E-state index in [0.29, 0.717) is 28.1 Å². The van der Waals surface area contributed by atoms with Gasteiger partial charge in [-0.05, 0) is 35.4 Å². The number of nitrogens with zero attached hydrogens (tertiary/aromatic N) is 3. The lowest BCUT2D eigenvalue weighted by Gasteiger charge is -2.31. The van der Waals surface area contributed by atoms with Crippen molar-refractivity contribution in [2.45, 2.75) is 24.9 Å². The van der Waals surface area contributed by atoms with Crippen LogP contribution in [0.2, 0.25) is 0 Å². The summed E-state index contributed by atoms with van der Waals surface area (Å²) in [6.45, 7) is 0. The number of aromatic amines is 1. The van der Waals surface area contributed by atoms with Gasteiger partial charge in [0.15, 0.2) is 0 Å². The van der Waals surface area contributed by atoms with E-state index in [0.717, 1.165) is 27.3 Å². The average Bonchev–Trinajstić information content (AvgIpc) is 3.68. The maximum atomic E-state index is 13.8. The van der Waals surface area contributed by atoms with Gasteiger partial charge in [-0.1, -0.05) is 36.4 Å². The summed E-state index contributed by atoms with van der Waals surface area (Å²) >= 11 is 0. The highest BCUT2D eigenvalue weighted by Gasteiger charge is 2.46. The second kappa shape index (κ2) is 7.60. The minimum Gasteiger partial charge on any atom is -0.494 e. The molecule has 2 atom stereocenters. The number of carbonyl (C=O) groups is 3. The fourth-order valence-corrected chi connectivity index (χ4v) is 6.57. The van der Waals surface area contributed by atoms with Gasteiger partial charge in [0.1, 0.15) is 12.1 Å². The molecule has 2 aromatic heterocycles. The number of carbonyl (C=O) groups excluding carboxylic acids is 1. The topological polar surface area (TPSA) is 148 Å². The van der Waals surface area contributed by atoms with E-state index in [1.807, 2.05) is 48.5 Å². The van der Waals surface area contributed by atoms with Crippen LogP contribution in [0.1, 0.15) is 23.6 Å². The lowest BCUT2D eigenvalue weighted by Crippen LogP contribution is -2.45. The fourth-order valence-electron chi connectivity index (χ4n) is 6.57. The van der Waals surface area contributed by atoms with Gasteiger partial charge >= 0.3 is 11.9 Å². The first-order chi connectivity index (χ1) is 19.3. The predicted molar refractivity (Wildman–Crippen MR) is 142 cm³/mol. The third-order valence-electron chi connectivity index (χ3n) is 8.34. The van der Waals surface area contributed by atoms with Crippen LogP contribution in [0.5, 0.6) is 5.88 Å². The molecule has 2 aromatic carbocycles. The lowest BCUT2D eigenvalue weighted by molar-refractivity contribution is -0.146. The molecule has 0 saturated heterocycles. The highest BCUT2D eigenvalue weighted by Crippen LogP contribution is 2.48. The first-order valence-electron chi connectivity index (χ1n) is 12.8. The number of rotatable bonds is 3. The Bertz CT molecular complexity index is 2080. The maximum Gasteiger partial charge on any atom is 0.327 e. The molecule has 4 aliphatic heterocycles. The molecule has 0 saturated carbocycles. The van der Waals surface area contributed by atoms with Crippen LogP contribution in [0.15, 0.2) is 77.1 Å². The maximum absolute atomic E-state index is 13.8. The molecule has 0 radical (unpaired) electrons. The number of hydrogen-bond acceptors (Lipinski definition) is 5. The van der Waals surface area contributed by atoms with Gasteiger partial charge < -0.3 is 20.3 Å². The second-order valence-corrected chi connectivity index (χ2v) is 10.4. The number of H-pyrrole nitrogens is 1. The van der Waals surface area contributed by atoms with E-state index in [4.69, 9.17) is 4.99 Å². The van der Waals surface area contributed by atoms with Crippen LogP contribution in [-0.2, 0) is 20.8 Å². The number of aromatic nitrogens is 2. The van der Waals surface area contributed by atoms with Crippen molar-refractivity contribution in [3.63, 3.8) is 0 Å². The summed E-state index contributed by atoms with van der Waals surface area (Å²) in [6.07, 6.45) is 1.80. The zero-order valence-corrected chi connectivity index (χ0v) is 20.8. The van der Waals surface area contributed by atoms with Crippen molar-refractivity contribution in [2.24, 2.45) is 4.99 Å². The molecule has 0 aliphatic carbocycles. The number of benzene rings is 2. The van der Waals surface area contributed by atoms with Crippen LogP contribution < -0.4 is 10.6 Å². The minimum absolute atomic E-state index is 0.0855. The van der Waals surface area contributed by atoms with Gasteiger partial charge in [-0.25, -0.2) is 14.6 Å². The predicted octanol–water partition coefficient (Wildman–Crippen LogP) is 2.30. The molecule has 0 bridgehead atoms. The van der Waals surface area contributed by atoms with Crippen LogP contribution in [-0.4, -0.2) is 53.7 Å². The molecular weight excluding hydrogens is 512 g/mol. The molecule has 4 N–H and O–H groups in total. The van der Waals surface area contributed by atoms with E-state index >= 15 is 0 Å². The summed E-state index contributed by atoms with van der Waals surface area (Å²) < 4.78 is 1.33. The summed E-state index contributed by atoms with van der Waals surface area (Å²) in [5, 5.41) is 34.0. The summed E-state index contributed by atoms with van der Waals surface area (Å²) in [5.41, 5.74) is 4.64. The number of nitrogens with one attached hydrogen (secondary N) is 1. The van der Waals surface area contributed by atoms with Crippen molar-refractivity contribution in [2.75, 3.05) is 0 Å². The quantitative estimate of drug-likeness (QED) is 0.318. The number of hydrogen-bond donors (Lipinski definition) is 4. The number of aromatic hydroxyl groups is 1. The Kier molecular flexibility index (Phi) is 4.29. The number of para-hydroxylation sites is 2. The number of carboxylic acid groups (broad SMARTS) is 2. The zero-order chi connectivity index (χ0) is 27.4. The molecular formula is C30H20N4O6. The van der Waals surface area contributed by atoms with Crippen LogP contribution in [0.4, 0.5) is 0 Å². The van der Waals surface area contributed by atoms with E-state index in [2.05, 4.69) is 4.98 Å².